The lowest BCUT2D eigenvalue weighted by Gasteiger charge is -2.05. The van der Waals surface area contributed by atoms with Crippen molar-refractivity contribution in [1.82, 2.24) is 0 Å². The lowest BCUT2D eigenvalue weighted by molar-refractivity contribution is -0.140. The van der Waals surface area contributed by atoms with Crippen molar-refractivity contribution in [3.8, 4) is 0 Å². The number of aliphatic hydroxyl groups excluding tert-OH is 1. The number of esters is 3. The number of hydrogen-bond donors (Lipinski definition) is 1. The summed E-state index contributed by atoms with van der Waals surface area (Å²) in [6, 6.07) is 0. The van der Waals surface area contributed by atoms with Crippen molar-refractivity contribution in [3.05, 3.63) is 36.5 Å². The van der Waals surface area contributed by atoms with E-state index in [1.54, 1.807) is 20.8 Å². The normalized spacial score (nSPS) is 8.77. The molecule has 0 amide bonds. The first-order valence-electron chi connectivity index (χ1n) is 7.90. The maximum atomic E-state index is 10.7. The molecule has 0 bridgehead atoms. The molecule has 150 valence electrons. The zero-order valence-corrected chi connectivity index (χ0v) is 16.7. The van der Waals surface area contributed by atoms with Crippen LogP contribution in [0, 0.1) is 5.92 Å². The van der Waals surface area contributed by atoms with E-state index in [0.29, 0.717) is 29.2 Å². The third-order valence-electron chi connectivity index (χ3n) is 2.10. The highest BCUT2D eigenvalue weighted by molar-refractivity contribution is 5.87. The zero-order valence-electron chi connectivity index (χ0n) is 16.7. The first-order valence-corrected chi connectivity index (χ1v) is 7.90. The topological polar surface area (TPSA) is 99.1 Å². The predicted octanol–water partition coefficient (Wildman–Crippen LogP) is 2.60. The molecule has 0 saturated heterocycles. The van der Waals surface area contributed by atoms with Gasteiger partial charge in [-0.1, -0.05) is 33.6 Å². The highest BCUT2D eigenvalue weighted by atomic mass is 16.5. The summed E-state index contributed by atoms with van der Waals surface area (Å²) in [7, 11) is 1.33. The van der Waals surface area contributed by atoms with Gasteiger partial charge >= 0.3 is 17.9 Å². The van der Waals surface area contributed by atoms with E-state index in [9.17, 15) is 14.4 Å². The Kier molecular flexibility index (Phi) is 19.0. The highest BCUT2D eigenvalue weighted by Gasteiger charge is 2.03. The van der Waals surface area contributed by atoms with Crippen LogP contribution < -0.4 is 0 Å². The molecule has 0 aliphatic rings. The summed E-state index contributed by atoms with van der Waals surface area (Å²) in [6.45, 7) is 19.3. The van der Waals surface area contributed by atoms with Crippen LogP contribution in [0.1, 0.15) is 34.6 Å². The Morgan fingerprint density at radius 3 is 1.46 bits per heavy atom. The largest absolute Gasteiger partial charge is 0.466 e. The summed E-state index contributed by atoms with van der Waals surface area (Å²) in [4.78, 5) is 31.4. The third kappa shape index (κ3) is 21.6. The van der Waals surface area contributed by atoms with E-state index in [-0.39, 0.29) is 25.2 Å². The lowest BCUT2D eigenvalue weighted by atomic mass is 10.2. The molecule has 0 aromatic heterocycles. The van der Waals surface area contributed by atoms with Gasteiger partial charge in [0.05, 0.1) is 20.3 Å². The van der Waals surface area contributed by atoms with Crippen LogP contribution in [0.4, 0.5) is 0 Å². The minimum absolute atomic E-state index is 0.0473. The highest BCUT2D eigenvalue weighted by Crippen LogP contribution is 1.97. The predicted molar refractivity (Wildman–Crippen MR) is 100 cm³/mol. The van der Waals surface area contributed by atoms with Gasteiger partial charge in [-0.2, -0.15) is 0 Å². The third-order valence-corrected chi connectivity index (χ3v) is 2.10. The van der Waals surface area contributed by atoms with E-state index >= 15 is 0 Å². The molecule has 7 heteroatoms. The quantitative estimate of drug-likeness (QED) is 0.416. The Morgan fingerprint density at radius 2 is 1.23 bits per heavy atom. The number of hydrogen-bond acceptors (Lipinski definition) is 7. The van der Waals surface area contributed by atoms with Crippen molar-refractivity contribution >= 4 is 17.9 Å². The Bertz CT molecular complexity index is 490. The molecule has 0 atom stereocenters. The Balaban J connectivity index is -0.000000310. The van der Waals surface area contributed by atoms with Crippen molar-refractivity contribution in [3.63, 3.8) is 0 Å². The van der Waals surface area contributed by atoms with Gasteiger partial charge in [0.1, 0.15) is 6.61 Å². The number of rotatable bonds is 7. The van der Waals surface area contributed by atoms with Crippen LogP contribution in [0.3, 0.4) is 0 Å². The van der Waals surface area contributed by atoms with Crippen LogP contribution in [-0.2, 0) is 28.6 Å². The van der Waals surface area contributed by atoms with Crippen LogP contribution >= 0.6 is 0 Å². The van der Waals surface area contributed by atoms with Crippen LogP contribution in [0.25, 0.3) is 0 Å². The summed E-state index contributed by atoms with van der Waals surface area (Å²) < 4.78 is 13.6. The SMILES string of the molecule is C=C(C)C(=O)OC.C=C(C)C(=O)OCC(C)C.C=C(C)C(=O)OCCO. The number of methoxy groups -OCH3 is 1. The molecule has 0 spiro atoms. The summed E-state index contributed by atoms with van der Waals surface area (Å²) >= 11 is 0. The lowest BCUT2D eigenvalue weighted by Crippen LogP contribution is -2.09. The fourth-order valence-electron chi connectivity index (χ4n) is 0.801. The first kappa shape index (κ1) is 28.4. The van der Waals surface area contributed by atoms with Crippen molar-refractivity contribution in [2.75, 3.05) is 26.9 Å². The number of ether oxygens (including phenoxy) is 3. The van der Waals surface area contributed by atoms with Gasteiger partial charge in [0, 0.05) is 16.7 Å². The maximum Gasteiger partial charge on any atom is 0.333 e. The van der Waals surface area contributed by atoms with Crippen molar-refractivity contribution in [2.45, 2.75) is 34.6 Å². The fourth-order valence-corrected chi connectivity index (χ4v) is 0.801. The number of aliphatic hydroxyl groups is 1. The molecule has 0 aromatic rings. The van der Waals surface area contributed by atoms with E-state index in [4.69, 9.17) is 9.84 Å². The number of carbonyl (C=O) groups excluding carboxylic acids is 3. The Labute approximate surface area is 156 Å². The molecule has 0 aliphatic carbocycles. The first-order chi connectivity index (χ1) is 11.9. The van der Waals surface area contributed by atoms with Gasteiger partial charge in [-0.05, 0) is 26.7 Å². The van der Waals surface area contributed by atoms with E-state index in [1.165, 1.54) is 7.11 Å². The average molecular weight is 372 g/mol. The summed E-state index contributed by atoms with van der Waals surface area (Å²) in [5.41, 5.74) is 1.24. The standard InChI is InChI=1S/C8H14O2.C6H10O3.C5H8O2/c1-6(2)5-10-8(9)7(3)4;1-5(2)6(8)9-4-3-7;1-4(2)5(6)7-3/h6H,3,5H2,1-2,4H3;7H,1,3-4H2,2H3;1H2,2-3H3. The van der Waals surface area contributed by atoms with Crippen molar-refractivity contribution in [1.29, 1.82) is 0 Å². The smallest absolute Gasteiger partial charge is 0.333 e. The molecule has 0 unspecified atom stereocenters. The monoisotopic (exact) mass is 372 g/mol. The molecule has 0 aromatic carbocycles. The number of carbonyl (C=O) groups is 3. The molecular weight excluding hydrogens is 340 g/mol. The van der Waals surface area contributed by atoms with Gasteiger partial charge in [-0.15, -0.1) is 0 Å². The van der Waals surface area contributed by atoms with Crippen LogP contribution in [0.2, 0.25) is 0 Å². The molecule has 1 N–H and O–H groups in total. The van der Waals surface area contributed by atoms with E-state index in [1.807, 2.05) is 13.8 Å². The average Bonchev–Trinajstić information content (AvgIpc) is 2.57. The van der Waals surface area contributed by atoms with Gasteiger partial charge in [0.2, 0.25) is 0 Å². The molecular formula is C19H32O7. The maximum absolute atomic E-state index is 10.7. The van der Waals surface area contributed by atoms with E-state index in [2.05, 4.69) is 29.2 Å². The molecule has 26 heavy (non-hydrogen) atoms. The molecule has 0 saturated carbocycles. The zero-order chi connectivity index (χ0) is 21.3. The van der Waals surface area contributed by atoms with Crippen LogP contribution in [-0.4, -0.2) is 49.9 Å². The molecule has 0 aliphatic heterocycles. The fraction of sp³-hybridized carbons (Fsp3) is 0.526. The molecule has 7 nitrogen and oxygen atoms in total. The Morgan fingerprint density at radius 1 is 0.846 bits per heavy atom. The van der Waals surface area contributed by atoms with Gasteiger partial charge in [-0.3, -0.25) is 0 Å². The van der Waals surface area contributed by atoms with Gasteiger partial charge in [0.15, 0.2) is 0 Å². The summed E-state index contributed by atoms with van der Waals surface area (Å²) in [6.07, 6.45) is 0. The van der Waals surface area contributed by atoms with Gasteiger partial charge in [-0.25, -0.2) is 14.4 Å². The van der Waals surface area contributed by atoms with E-state index in [0.717, 1.165) is 0 Å². The van der Waals surface area contributed by atoms with Crippen molar-refractivity contribution < 1.29 is 33.7 Å². The summed E-state index contributed by atoms with van der Waals surface area (Å²) in [5.74, 6) is -0.707. The second-order valence-corrected chi connectivity index (χ2v) is 5.68. The summed E-state index contributed by atoms with van der Waals surface area (Å²) in [5, 5.41) is 8.19. The molecule has 0 rings (SSSR count). The van der Waals surface area contributed by atoms with Gasteiger partial charge < -0.3 is 19.3 Å². The Hall–Kier alpha value is -2.41. The van der Waals surface area contributed by atoms with Gasteiger partial charge in [0.25, 0.3) is 0 Å². The minimum atomic E-state index is -0.455. The minimum Gasteiger partial charge on any atom is -0.466 e. The van der Waals surface area contributed by atoms with Crippen LogP contribution in [0.5, 0.6) is 0 Å². The molecule has 0 radical (unpaired) electrons. The van der Waals surface area contributed by atoms with Crippen molar-refractivity contribution in [2.24, 2.45) is 5.92 Å². The molecule has 0 heterocycles. The second-order valence-electron chi connectivity index (χ2n) is 5.68. The van der Waals surface area contributed by atoms with E-state index < -0.39 is 5.97 Å². The van der Waals surface area contributed by atoms with Crippen LogP contribution in [0.15, 0.2) is 36.5 Å². The molecule has 0 fully saturated rings. The second kappa shape index (κ2) is 17.4.